The summed E-state index contributed by atoms with van der Waals surface area (Å²) in [5.41, 5.74) is 6.49. The van der Waals surface area contributed by atoms with E-state index in [1.165, 1.54) is 12.4 Å². The molecule has 0 saturated carbocycles. The van der Waals surface area contributed by atoms with Crippen LogP contribution in [0.15, 0.2) is 23.6 Å². The van der Waals surface area contributed by atoms with Crippen molar-refractivity contribution in [1.82, 2.24) is 19.9 Å². The fourth-order valence-corrected chi connectivity index (χ4v) is 2.91. The topological polar surface area (TPSA) is 124 Å². The highest BCUT2D eigenvalue weighted by Gasteiger charge is 2.22. The number of nitrogens with two attached hydrogens (primary N) is 1. The lowest BCUT2D eigenvalue weighted by molar-refractivity contribution is 0.0529. The number of hydrogen-bond acceptors (Lipinski definition) is 9. The van der Waals surface area contributed by atoms with E-state index in [-0.39, 0.29) is 17.2 Å². The van der Waals surface area contributed by atoms with Gasteiger partial charge in [0.15, 0.2) is 0 Å². The van der Waals surface area contributed by atoms with E-state index in [9.17, 15) is 8.42 Å². The molecule has 128 valence electrons. The average molecular weight is 350 g/mol. The van der Waals surface area contributed by atoms with Crippen LogP contribution < -0.4 is 10.6 Å². The third-order valence-electron chi connectivity index (χ3n) is 3.56. The Hall–Kier alpha value is -2.33. The maximum Gasteiger partial charge on any atom is 0.249 e. The zero-order valence-electron chi connectivity index (χ0n) is 13.4. The summed E-state index contributed by atoms with van der Waals surface area (Å²) in [6.07, 6.45) is 4.13. The Bertz CT molecular complexity index is 840. The third kappa shape index (κ3) is 3.60. The van der Waals surface area contributed by atoms with Crippen LogP contribution in [0.2, 0.25) is 0 Å². The minimum absolute atomic E-state index is 0.0405. The van der Waals surface area contributed by atoms with E-state index in [4.69, 9.17) is 10.5 Å². The van der Waals surface area contributed by atoms with Crippen LogP contribution in [0, 0.1) is 0 Å². The van der Waals surface area contributed by atoms with Crippen molar-refractivity contribution in [3.8, 4) is 11.3 Å². The molecule has 2 N–H and O–H groups in total. The van der Waals surface area contributed by atoms with Crippen LogP contribution in [-0.4, -0.2) is 60.4 Å². The third-order valence-corrected chi connectivity index (χ3v) is 4.40. The number of hydrogen-bond donors (Lipinski definition) is 1. The second-order valence-corrected chi connectivity index (χ2v) is 7.53. The molecule has 0 unspecified atom stereocenters. The van der Waals surface area contributed by atoms with Crippen molar-refractivity contribution < 1.29 is 13.2 Å². The molecule has 0 aliphatic carbocycles. The highest BCUT2D eigenvalue weighted by Crippen LogP contribution is 2.24. The molecule has 0 amide bonds. The van der Waals surface area contributed by atoms with Crippen molar-refractivity contribution in [3.05, 3.63) is 18.5 Å². The summed E-state index contributed by atoms with van der Waals surface area (Å²) in [6, 6.07) is 1.72. The van der Waals surface area contributed by atoms with Gasteiger partial charge in [0.25, 0.3) is 0 Å². The molecule has 0 radical (unpaired) electrons. The zero-order chi connectivity index (χ0) is 17.3. The first-order valence-corrected chi connectivity index (χ1v) is 9.25. The Morgan fingerprint density at radius 3 is 2.62 bits per heavy atom. The van der Waals surface area contributed by atoms with Crippen LogP contribution in [-0.2, 0) is 14.6 Å². The molecule has 3 rings (SSSR count). The number of rotatable bonds is 3. The van der Waals surface area contributed by atoms with Crippen molar-refractivity contribution >= 4 is 21.6 Å². The monoisotopic (exact) mass is 350 g/mol. The molecule has 0 aromatic carbocycles. The standard InChI is InChI=1S/C14H18N6O3S/c1-9-8-20(3-4-23-9)12-5-11(10-6-16-13(15)17-7-10)18-14(19-12)24(2,21)22/h5-7,9H,3-4,8H2,1-2H3,(H2,15,16,17)/t9-/m0/s1. The van der Waals surface area contributed by atoms with Gasteiger partial charge in [-0.1, -0.05) is 0 Å². The Morgan fingerprint density at radius 1 is 1.29 bits per heavy atom. The maximum absolute atomic E-state index is 12.0. The number of sulfone groups is 1. The summed E-state index contributed by atoms with van der Waals surface area (Å²) >= 11 is 0. The van der Waals surface area contributed by atoms with Crippen LogP contribution >= 0.6 is 0 Å². The molecule has 9 nitrogen and oxygen atoms in total. The number of aromatic nitrogens is 4. The number of nitrogens with zero attached hydrogens (tertiary/aromatic N) is 5. The highest BCUT2D eigenvalue weighted by molar-refractivity contribution is 7.90. The summed E-state index contributed by atoms with van der Waals surface area (Å²) in [6.45, 7) is 3.76. The van der Waals surface area contributed by atoms with E-state index in [1.54, 1.807) is 6.07 Å². The van der Waals surface area contributed by atoms with Gasteiger partial charge in [-0.25, -0.2) is 28.4 Å². The van der Waals surface area contributed by atoms with Crippen LogP contribution in [0.3, 0.4) is 0 Å². The summed E-state index contributed by atoms with van der Waals surface area (Å²) in [5, 5.41) is -0.231. The number of morpholine rings is 1. The van der Waals surface area contributed by atoms with E-state index in [2.05, 4.69) is 19.9 Å². The number of anilines is 2. The highest BCUT2D eigenvalue weighted by atomic mass is 32.2. The fraction of sp³-hybridized carbons (Fsp3) is 0.429. The summed E-state index contributed by atoms with van der Waals surface area (Å²) in [7, 11) is -3.56. The van der Waals surface area contributed by atoms with Gasteiger partial charge >= 0.3 is 0 Å². The summed E-state index contributed by atoms with van der Waals surface area (Å²) < 4.78 is 29.4. The quantitative estimate of drug-likeness (QED) is 0.770. The van der Waals surface area contributed by atoms with Gasteiger partial charge in [-0.05, 0) is 6.92 Å². The molecule has 1 aliphatic rings. The van der Waals surface area contributed by atoms with Crippen LogP contribution in [0.4, 0.5) is 11.8 Å². The van der Waals surface area contributed by atoms with Crippen LogP contribution in [0.5, 0.6) is 0 Å². The van der Waals surface area contributed by atoms with Crippen molar-refractivity contribution in [2.75, 3.05) is 36.6 Å². The van der Waals surface area contributed by atoms with Crippen molar-refractivity contribution in [2.24, 2.45) is 0 Å². The van der Waals surface area contributed by atoms with Crippen molar-refractivity contribution in [1.29, 1.82) is 0 Å². The molecule has 1 atom stereocenters. The van der Waals surface area contributed by atoms with Crippen molar-refractivity contribution in [3.63, 3.8) is 0 Å². The van der Waals surface area contributed by atoms with Gasteiger partial charge in [0.2, 0.25) is 20.9 Å². The molecule has 0 bridgehead atoms. The molecule has 2 aromatic heterocycles. The molecule has 2 aromatic rings. The largest absolute Gasteiger partial charge is 0.375 e. The van der Waals surface area contributed by atoms with Gasteiger partial charge in [-0.15, -0.1) is 0 Å². The second-order valence-electron chi connectivity index (χ2n) is 5.62. The zero-order valence-corrected chi connectivity index (χ0v) is 14.2. The first kappa shape index (κ1) is 16.5. The first-order valence-electron chi connectivity index (χ1n) is 7.36. The number of nitrogen functional groups attached to an aromatic ring is 1. The van der Waals surface area contributed by atoms with Gasteiger partial charge in [0.05, 0.1) is 18.4 Å². The van der Waals surface area contributed by atoms with Gasteiger partial charge in [-0.2, -0.15) is 0 Å². The average Bonchev–Trinajstić information content (AvgIpc) is 2.54. The predicted molar refractivity (Wildman–Crippen MR) is 88.2 cm³/mol. The van der Waals surface area contributed by atoms with Crippen molar-refractivity contribution in [2.45, 2.75) is 18.2 Å². The minimum atomic E-state index is -3.56. The van der Waals surface area contributed by atoms with Gasteiger partial charge in [0, 0.05) is 43.4 Å². The molecule has 1 saturated heterocycles. The smallest absolute Gasteiger partial charge is 0.249 e. The van der Waals surface area contributed by atoms with E-state index in [1.807, 2.05) is 11.8 Å². The SMILES string of the molecule is C[C@H]1CN(c2cc(-c3cnc(N)nc3)nc(S(C)(=O)=O)n2)CCO1. The van der Waals surface area contributed by atoms with E-state index in [0.29, 0.717) is 36.8 Å². The van der Waals surface area contributed by atoms with Gasteiger partial charge < -0.3 is 15.4 Å². The Kier molecular flexibility index (Phi) is 4.33. The fourth-order valence-electron chi connectivity index (χ4n) is 2.39. The molecular formula is C14H18N6O3S. The lowest BCUT2D eigenvalue weighted by Gasteiger charge is -2.32. The van der Waals surface area contributed by atoms with Gasteiger partial charge in [0.1, 0.15) is 5.82 Å². The first-order chi connectivity index (χ1) is 11.3. The molecular weight excluding hydrogens is 332 g/mol. The lowest BCUT2D eigenvalue weighted by Crippen LogP contribution is -2.41. The van der Waals surface area contributed by atoms with E-state index < -0.39 is 9.84 Å². The predicted octanol–water partition coefficient (Wildman–Crippen LogP) is 0.144. The second kappa shape index (κ2) is 6.29. The lowest BCUT2D eigenvalue weighted by atomic mass is 10.2. The maximum atomic E-state index is 12.0. The van der Waals surface area contributed by atoms with Crippen LogP contribution in [0.25, 0.3) is 11.3 Å². The van der Waals surface area contributed by atoms with Gasteiger partial charge in [-0.3, -0.25) is 0 Å². The molecule has 24 heavy (non-hydrogen) atoms. The normalized spacial score (nSPS) is 18.6. The van der Waals surface area contributed by atoms with E-state index in [0.717, 1.165) is 6.26 Å². The molecule has 10 heteroatoms. The van der Waals surface area contributed by atoms with E-state index >= 15 is 0 Å². The Morgan fingerprint density at radius 2 is 2.00 bits per heavy atom. The Labute approximate surface area is 139 Å². The summed E-state index contributed by atoms with van der Waals surface area (Å²) in [5.74, 6) is 0.672. The molecule has 1 aliphatic heterocycles. The molecule has 0 spiro atoms. The van der Waals surface area contributed by atoms with Crippen LogP contribution in [0.1, 0.15) is 6.92 Å². The minimum Gasteiger partial charge on any atom is -0.375 e. The molecule has 3 heterocycles. The molecule has 1 fully saturated rings. The Balaban J connectivity index is 2.08. The summed E-state index contributed by atoms with van der Waals surface area (Å²) in [4.78, 5) is 18.2. The number of ether oxygens (including phenoxy) is 1.